The number of ether oxygens (including phenoxy) is 1. The Hall–Kier alpha value is -0.560. The van der Waals surface area contributed by atoms with Crippen molar-refractivity contribution in [2.75, 3.05) is 44.4 Å². The monoisotopic (exact) mass is 340 g/mol. The number of aryl methyl sites for hydroxylation is 1. The molecule has 0 atom stereocenters. The van der Waals surface area contributed by atoms with Crippen LogP contribution in [0, 0.1) is 6.92 Å². The second kappa shape index (κ2) is 7.34. The van der Waals surface area contributed by atoms with Crippen LogP contribution in [-0.2, 0) is 4.74 Å². The fourth-order valence-electron chi connectivity index (χ4n) is 3.28. The van der Waals surface area contributed by atoms with E-state index in [2.05, 4.69) is 10.2 Å². The van der Waals surface area contributed by atoms with Crippen molar-refractivity contribution in [3.05, 3.63) is 21.9 Å². The largest absolute Gasteiger partial charge is 0.381 e. The molecule has 0 aromatic carbocycles. The zero-order valence-corrected chi connectivity index (χ0v) is 14.7. The van der Waals surface area contributed by atoms with E-state index in [1.165, 1.54) is 22.8 Å². The number of carbonyl (C=O) groups is 1. The standard InChI is InChI=1S/C16H24N2O2S2/c1-13-10-14(22-11-13)15(19)17-12-16(2-6-20-7-3-16)18-4-8-21-9-5-18/h10-11H,2-9,12H2,1H3,(H,17,19). The van der Waals surface area contributed by atoms with Gasteiger partial charge in [-0.25, -0.2) is 0 Å². The van der Waals surface area contributed by atoms with Gasteiger partial charge in [-0.15, -0.1) is 11.3 Å². The van der Waals surface area contributed by atoms with Gasteiger partial charge in [-0.2, -0.15) is 11.8 Å². The Morgan fingerprint density at radius 3 is 2.73 bits per heavy atom. The van der Waals surface area contributed by atoms with Crippen molar-refractivity contribution in [3.8, 4) is 0 Å². The normalized spacial score (nSPS) is 22.4. The van der Waals surface area contributed by atoms with Crippen LogP contribution in [0.4, 0.5) is 0 Å². The Kier molecular flexibility index (Phi) is 5.44. The Morgan fingerprint density at radius 2 is 2.09 bits per heavy atom. The molecule has 3 heterocycles. The molecule has 2 aliphatic rings. The van der Waals surface area contributed by atoms with E-state index >= 15 is 0 Å². The third kappa shape index (κ3) is 3.67. The molecule has 2 fully saturated rings. The first-order valence-electron chi connectivity index (χ1n) is 7.93. The van der Waals surface area contributed by atoms with Crippen molar-refractivity contribution < 1.29 is 9.53 Å². The van der Waals surface area contributed by atoms with Gasteiger partial charge in [-0.1, -0.05) is 0 Å². The fraction of sp³-hybridized carbons (Fsp3) is 0.688. The van der Waals surface area contributed by atoms with Gasteiger partial charge in [0.2, 0.25) is 0 Å². The number of hydrogen-bond acceptors (Lipinski definition) is 5. The molecule has 2 aliphatic heterocycles. The highest BCUT2D eigenvalue weighted by Crippen LogP contribution is 2.30. The van der Waals surface area contributed by atoms with E-state index in [0.29, 0.717) is 0 Å². The molecule has 0 spiro atoms. The molecule has 3 rings (SSSR count). The SMILES string of the molecule is Cc1csc(C(=O)NCC2(N3CCSCC3)CCOCC2)c1. The molecular weight excluding hydrogens is 316 g/mol. The average molecular weight is 341 g/mol. The van der Waals surface area contributed by atoms with Gasteiger partial charge in [-0.3, -0.25) is 9.69 Å². The Morgan fingerprint density at radius 1 is 1.36 bits per heavy atom. The van der Waals surface area contributed by atoms with Gasteiger partial charge < -0.3 is 10.1 Å². The molecule has 1 aromatic rings. The van der Waals surface area contributed by atoms with Crippen LogP contribution in [0.15, 0.2) is 11.4 Å². The van der Waals surface area contributed by atoms with Crippen LogP contribution in [0.5, 0.6) is 0 Å². The number of rotatable bonds is 4. The van der Waals surface area contributed by atoms with Crippen molar-refractivity contribution in [1.82, 2.24) is 10.2 Å². The lowest BCUT2D eigenvalue weighted by Gasteiger charge is -2.48. The second-order valence-corrected chi connectivity index (χ2v) is 8.24. The maximum absolute atomic E-state index is 12.4. The average Bonchev–Trinajstić information content (AvgIpc) is 3.01. The number of amides is 1. The summed E-state index contributed by atoms with van der Waals surface area (Å²) >= 11 is 3.55. The van der Waals surface area contributed by atoms with Crippen molar-refractivity contribution in [3.63, 3.8) is 0 Å². The highest BCUT2D eigenvalue weighted by molar-refractivity contribution is 7.99. The quantitative estimate of drug-likeness (QED) is 0.914. The van der Waals surface area contributed by atoms with Gasteiger partial charge in [0, 0.05) is 49.9 Å². The third-order valence-corrected chi connectivity index (χ3v) is 6.63. The Labute approximate surface area is 140 Å². The minimum absolute atomic E-state index is 0.0651. The first-order valence-corrected chi connectivity index (χ1v) is 9.97. The summed E-state index contributed by atoms with van der Waals surface area (Å²) in [7, 11) is 0. The highest BCUT2D eigenvalue weighted by atomic mass is 32.2. The highest BCUT2D eigenvalue weighted by Gasteiger charge is 2.39. The lowest BCUT2D eigenvalue weighted by atomic mass is 9.87. The minimum atomic E-state index is 0.0651. The van der Waals surface area contributed by atoms with Crippen LogP contribution < -0.4 is 5.32 Å². The minimum Gasteiger partial charge on any atom is -0.381 e. The van der Waals surface area contributed by atoms with Gasteiger partial charge in [0.25, 0.3) is 5.91 Å². The maximum Gasteiger partial charge on any atom is 0.261 e. The molecule has 0 unspecified atom stereocenters. The summed E-state index contributed by atoms with van der Waals surface area (Å²) in [6, 6.07) is 1.97. The number of thiophene rings is 1. The van der Waals surface area contributed by atoms with Crippen LogP contribution in [0.2, 0.25) is 0 Å². The van der Waals surface area contributed by atoms with E-state index in [1.807, 2.05) is 30.1 Å². The van der Waals surface area contributed by atoms with Crippen molar-refractivity contribution in [2.24, 2.45) is 0 Å². The first kappa shape index (κ1) is 16.3. The lowest BCUT2D eigenvalue weighted by Crippen LogP contribution is -2.60. The smallest absolute Gasteiger partial charge is 0.261 e. The number of nitrogens with one attached hydrogen (secondary N) is 1. The van der Waals surface area contributed by atoms with E-state index < -0.39 is 0 Å². The summed E-state index contributed by atoms with van der Waals surface area (Å²) in [5.41, 5.74) is 1.24. The van der Waals surface area contributed by atoms with Gasteiger partial charge >= 0.3 is 0 Å². The summed E-state index contributed by atoms with van der Waals surface area (Å²) in [6.45, 7) is 6.61. The summed E-state index contributed by atoms with van der Waals surface area (Å²) in [5, 5.41) is 5.22. The molecule has 22 heavy (non-hydrogen) atoms. The molecular formula is C16H24N2O2S2. The third-order valence-electron chi connectivity index (χ3n) is 4.64. The molecule has 0 saturated carbocycles. The van der Waals surface area contributed by atoms with Crippen molar-refractivity contribution in [2.45, 2.75) is 25.3 Å². The molecule has 1 aromatic heterocycles. The summed E-state index contributed by atoms with van der Waals surface area (Å²) < 4.78 is 5.57. The summed E-state index contributed by atoms with van der Waals surface area (Å²) in [5.74, 6) is 2.46. The molecule has 0 radical (unpaired) electrons. The summed E-state index contributed by atoms with van der Waals surface area (Å²) in [4.78, 5) is 15.8. The first-order chi connectivity index (χ1) is 10.7. The molecule has 2 saturated heterocycles. The van der Waals surface area contributed by atoms with Crippen LogP contribution >= 0.6 is 23.1 Å². The van der Waals surface area contributed by atoms with Crippen LogP contribution in [0.1, 0.15) is 28.1 Å². The number of thioether (sulfide) groups is 1. The Bertz CT molecular complexity index is 506. The zero-order chi connectivity index (χ0) is 15.4. The number of nitrogens with zero attached hydrogens (tertiary/aromatic N) is 1. The van der Waals surface area contributed by atoms with Crippen LogP contribution in [0.25, 0.3) is 0 Å². The summed E-state index contributed by atoms with van der Waals surface area (Å²) in [6.07, 6.45) is 2.03. The van der Waals surface area contributed by atoms with Gasteiger partial charge in [0.1, 0.15) is 0 Å². The van der Waals surface area contributed by atoms with E-state index in [1.54, 1.807) is 0 Å². The maximum atomic E-state index is 12.4. The Balaban J connectivity index is 1.66. The predicted octanol–water partition coefficient (Wildman–Crippen LogP) is 2.38. The number of hydrogen-bond donors (Lipinski definition) is 1. The predicted molar refractivity (Wildman–Crippen MR) is 93.1 cm³/mol. The van der Waals surface area contributed by atoms with E-state index in [9.17, 15) is 4.79 Å². The van der Waals surface area contributed by atoms with Crippen molar-refractivity contribution in [1.29, 1.82) is 0 Å². The second-order valence-electron chi connectivity index (χ2n) is 6.11. The van der Waals surface area contributed by atoms with Gasteiger partial charge in [-0.05, 0) is 36.8 Å². The van der Waals surface area contributed by atoms with Gasteiger partial charge in [0.15, 0.2) is 0 Å². The topological polar surface area (TPSA) is 41.6 Å². The molecule has 6 heteroatoms. The fourth-order valence-corrected chi connectivity index (χ4v) is 4.99. The molecule has 0 bridgehead atoms. The van der Waals surface area contributed by atoms with Crippen LogP contribution in [0.3, 0.4) is 0 Å². The molecule has 0 aliphatic carbocycles. The van der Waals surface area contributed by atoms with Crippen molar-refractivity contribution >= 4 is 29.0 Å². The van der Waals surface area contributed by atoms with E-state index in [0.717, 1.165) is 56.1 Å². The number of carbonyl (C=O) groups excluding carboxylic acids is 1. The van der Waals surface area contributed by atoms with Gasteiger partial charge in [0.05, 0.1) is 4.88 Å². The molecule has 1 amide bonds. The molecule has 4 nitrogen and oxygen atoms in total. The zero-order valence-electron chi connectivity index (χ0n) is 13.1. The molecule has 1 N–H and O–H groups in total. The van der Waals surface area contributed by atoms with E-state index in [4.69, 9.17) is 4.74 Å². The van der Waals surface area contributed by atoms with Crippen LogP contribution in [-0.4, -0.2) is 60.7 Å². The lowest BCUT2D eigenvalue weighted by molar-refractivity contribution is -0.0236. The van der Waals surface area contributed by atoms with E-state index in [-0.39, 0.29) is 11.4 Å². The molecule has 122 valence electrons.